The van der Waals surface area contributed by atoms with Gasteiger partial charge in [0, 0.05) is 5.56 Å². The predicted octanol–water partition coefficient (Wildman–Crippen LogP) is 2.94. The first-order valence-corrected chi connectivity index (χ1v) is 4.71. The lowest BCUT2D eigenvalue weighted by atomic mass is 10.1. The summed E-state index contributed by atoms with van der Waals surface area (Å²) in [7, 11) is 0. The van der Waals surface area contributed by atoms with Crippen molar-refractivity contribution in [3.63, 3.8) is 0 Å². The maximum absolute atomic E-state index is 13.1. The molecule has 1 aromatic carbocycles. The molecule has 0 aliphatic heterocycles. The first kappa shape index (κ1) is 10.3. The van der Waals surface area contributed by atoms with Gasteiger partial charge in [0.15, 0.2) is 11.6 Å². The van der Waals surface area contributed by atoms with Crippen LogP contribution in [0.25, 0.3) is 0 Å². The lowest BCUT2D eigenvalue weighted by Crippen LogP contribution is -2.05. The summed E-state index contributed by atoms with van der Waals surface area (Å²) in [5.41, 5.74) is -0.417. The summed E-state index contributed by atoms with van der Waals surface area (Å²) >= 11 is 5.65. The molecule has 0 N–H and O–H groups in total. The lowest BCUT2D eigenvalue weighted by molar-refractivity contribution is 0.504. The third-order valence-electron chi connectivity index (χ3n) is 2.52. The zero-order valence-electron chi connectivity index (χ0n) is 7.56. The highest BCUT2D eigenvalue weighted by molar-refractivity contribution is 6.31. The van der Waals surface area contributed by atoms with Gasteiger partial charge in [0.25, 0.3) is 0 Å². The van der Waals surface area contributed by atoms with Gasteiger partial charge in [-0.15, -0.1) is 0 Å². The Hall–Kier alpha value is -1.25. The molecule has 0 radical (unpaired) electrons. The van der Waals surface area contributed by atoms with Gasteiger partial charge in [0.05, 0.1) is 10.6 Å². The second kappa shape index (κ2) is 3.40. The summed E-state index contributed by atoms with van der Waals surface area (Å²) < 4.78 is 25.9. The molecular weight excluding hydrogens is 224 g/mol. The van der Waals surface area contributed by atoms with Crippen molar-refractivity contribution in [2.75, 3.05) is 0 Å². The molecular formula is C10H6ClF2NO. The molecule has 1 aliphatic carbocycles. The molecule has 15 heavy (non-hydrogen) atoms. The van der Waals surface area contributed by atoms with E-state index in [-0.39, 0.29) is 5.02 Å². The van der Waals surface area contributed by atoms with Gasteiger partial charge in [-0.2, -0.15) is 4.99 Å². The standard InChI is InChI=1S/C10H6ClF2NO/c11-8-6(1-2-7(12)9(8)13)10(3-4-10)14-5-15/h1-2H,3-4H2. The van der Waals surface area contributed by atoms with E-state index >= 15 is 0 Å². The van der Waals surface area contributed by atoms with Crippen LogP contribution in [-0.2, 0) is 10.3 Å². The van der Waals surface area contributed by atoms with Gasteiger partial charge in [-0.1, -0.05) is 17.7 Å². The van der Waals surface area contributed by atoms with Crippen molar-refractivity contribution in [1.82, 2.24) is 0 Å². The highest BCUT2D eigenvalue weighted by atomic mass is 35.5. The Labute approximate surface area is 89.6 Å². The number of rotatable bonds is 2. The van der Waals surface area contributed by atoms with Crippen molar-refractivity contribution in [1.29, 1.82) is 0 Å². The molecule has 5 heteroatoms. The average Bonchev–Trinajstić information content (AvgIpc) is 2.96. The van der Waals surface area contributed by atoms with Crippen molar-refractivity contribution >= 4 is 17.7 Å². The minimum atomic E-state index is -1.10. The van der Waals surface area contributed by atoms with Gasteiger partial charge in [-0.3, -0.25) is 0 Å². The minimum absolute atomic E-state index is 0.300. The fourth-order valence-corrected chi connectivity index (χ4v) is 1.86. The highest BCUT2D eigenvalue weighted by Crippen LogP contribution is 2.51. The summed E-state index contributed by atoms with van der Waals surface area (Å²) in [4.78, 5) is 13.8. The highest BCUT2D eigenvalue weighted by Gasteiger charge is 2.46. The van der Waals surface area contributed by atoms with E-state index < -0.39 is 17.2 Å². The third-order valence-corrected chi connectivity index (χ3v) is 2.89. The summed E-state index contributed by atoms with van der Waals surface area (Å²) in [6.07, 6.45) is 2.64. The number of halogens is 3. The van der Waals surface area contributed by atoms with Crippen molar-refractivity contribution in [3.05, 3.63) is 34.4 Å². The molecule has 0 unspecified atom stereocenters. The van der Waals surface area contributed by atoms with Crippen LogP contribution >= 0.6 is 11.6 Å². The molecule has 1 saturated carbocycles. The molecule has 1 aromatic rings. The molecule has 0 amide bonds. The lowest BCUT2D eigenvalue weighted by Gasteiger charge is -2.10. The molecule has 2 rings (SSSR count). The van der Waals surface area contributed by atoms with Crippen LogP contribution in [0.1, 0.15) is 18.4 Å². The van der Waals surface area contributed by atoms with Crippen molar-refractivity contribution in [2.45, 2.75) is 18.4 Å². The molecule has 0 atom stereocenters. The monoisotopic (exact) mass is 229 g/mol. The van der Waals surface area contributed by atoms with Crippen molar-refractivity contribution in [3.8, 4) is 0 Å². The van der Waals surface area contributed by atoms with Crippen LogP contribution in [0, 0.1) is 11.6 Å². The summed E-state index contributed by atoms with van der Waals surface area (Å²) in [6, 6.07) is 2.34. The SMILES string of the molecule is O=C=NC1(c2ccc(F)c(F)c2Cl)CC1. The van der Waals surface area contributed by atoms with E-state index in [9.17, 15) is 13.6 Å². The average molecular weight is 230 g/mol. The number of hydrogen-bond donors (Lipinski definition) is 0. The first-order valence-electron chi connectivity index (χ1n) is 4.34. The second-order valence-corrected chi connectivity index (χ2v) is 3.84. The minimum Gasteiger partial charge on any atom is -0.211 e. The zero-order valence-corrected chi connectivity index (χ0v) is 8.31. The molecule has 0 spiro atoms. The fourth-order valence-electron chi connectivity index (χ4n) is 1.53. The van der Waals surface area contributed by atoms with Crippen molar-refractivity contribution in [2.24, 2.45) is 4.99 Å². The van der Waals surface area contributed by atoms with Gasteiger partial charge < -0.3 is 0 Å². The number of hydrogen-bond acceptors (Lipinski definition) is 2. The van der Waals surface area contributed by atoms with E-state index in [0.717, 1.165) is 6.07 Å². The van der Waals surface area contributed by atoms with E-state index in [4.69, 9.17) is 11.6 Å². The Morgan fingerprint density at radius 1 is 1.40 bits per heavy atom. The summed E-state index contributed by atoms with van der Waals surface area (Å²) in [6.45, 7) is 0. The Morgan fingerprint density at radius 2 is 2.07 bits per heavy atom. The van der Waals surface area contributed by atoms with E-state index in [2.05, 4.69) is 4.99 Å². The molecule has 78 valence electrons. The Balaban J connectivity index is 2.55. The largest absolute Gasteiger partial charge is 0.235 e. The Morgan fingerprint density at radius 3 is 2.60 bits per heavy atom. The maximum atomic E-state index is 13.1. The van der Waals surface area contributed by atoms with Crippen LogP contribution in [0.3, 0.4) is 0 Å². The molecule has 2 nitrogen and oxygen atoms in total. The van der Waals surface area contributed by atoms with Crippen LogP contribution in [0.5, 0.6) is 0 Å². The predicted molar refractivity (Wildman–Crippen MR) is 50.4 cm³/mol. The van der Waals surface area contributed by atoms with Crippen LogP contribution < -0.4 is 0 Å². The number of benzene rings is 1. The number of aliphatic imine (C=N–C) groups is 1. The number of carbonyl (C=O) groups excluding carboxylic acids is 1. The van der Waals surface area contributed by atoms with Gasteiger partial charge in [-0.05, 0) is 18.9 Å². The zero-order chi connectivity index (χ0) is 11.1. The molecule has 1 fully saturated rings. The van der Waals surface area contributed by atoms with Gasteiger partial charge in [0.1, 0.15) is 0 Å². The molecule has 1 aliphatic rings. The molecule has 0 saturated heterocycles. The number of nitrogens with zero attached hydrogens (tertiary/aromatic N) is 1. The van der Waals surface area contributed by atoms with Gasteiger partial charge in [0.2, 0.25) is 6.08 Å². The first-order chi connectivity index (χ1) is 7.10. The Kier molecular flexibility index (Phi) is 2.33. The molecule has 0 heterocycles. The van der Waals surface area contributed by atoms with Crippen LogP contribution in [0.15, 0.2) is 17.1 Å². The Bertz CT molecular complexity index is 465. The maximum Gasteiger partial charge on any atom is 0.235 e. The summed E-state index contributed by atoms with van der Waals surface area (Å²) in [5, 5.41) is -0.300. The topological polar surface area (TPSA) is 29.4 Å². The van der Waals surface area contributed by atoms with E-state index in [1.165, 1.54) is 12.1 Å². The van der Waals surface area contributed by atoms with E-state index in [0.29, 0.717) is 18.4 Å². The van der Waals surface area contributed by atoms with Gasteiger partial charge >= 0.3 is 0 Å². The molecule has 0 bridgehead atoms. The van der Waals surface area contributed by atoms with Crippen LogP contribution in [-0.4, -0.2) is 6.08 Å². The fraction of sp³-hybridized carbons (Fsp3) is 0.300. The van der Waals surface area contributed by atoms with E-state index in [1.54, 1.807) is 0 Å². The number of isocyanates is 1. The quantitative estimate of drug-likeness (QED) is 0.436. The normalized spacial score (nSPS) is 17.0. The second-order valence-electron chi connectivity index (χ2n) is 3.46. The van der Waals surface area contributed by atoms with Crippen LogP contribution in [0.4, 0.5) is 8.78 Å². The smallest absolute Gasteiger partial charge is 0.211 e. The van der Waals surface area contributed by atoms with E-state index in [1.807, 2.05) is 0 Å². The summed E-state index contributed by atoms with van der Waals surface area (Å²) in [5.74, 6) is -2.10. The molecule has 0 aromatic heterocycles. The van der Waals surface area contributed by atoms with Crippen LogP contribution in [0.2, 0.25) is 5.02 Å². The third kappa shape index (κ3) is 1.56. The van der Waals surface area contributed by atoms with Crippen molar-refractivity contribution < 1.29 is 13.6 Å². The van der Waals surface area contributed by atoms with Gasteiger partial charge in [-0.25, -0.2) is 13.6 Å².